The summed E-state index contributed by atoms with van der Waals surface area (Å²) in [5.41, 5.74) is 2.17. The number of thioether (sulfide) groups is 1. The maximum Gasteiger partial charge on any atom is 0.308 e. The topological polar surface area (TPSA) is 102 Å². The van der Waals surface area contributed by atoms with Crippen LogP contribution >= 0.6 is 23.1 Å². The number of nitrogens with one attached hydrogen (secondary N) is 1. The minimum atomic E-state index is -0.771. The summed E-state index contributed by atoms with van der Waals surface area (Å²) in [6.45, 7) is 1.71. The number of thiazole rings is 1. The second-order valence-corrected chi connectivity index (χ2v) is 12.2. The van der Waals surface area contributed by atoms with E-state index in [9.17, 15) is 19.2 Å². The zero-order chi connectivity index (χ0) is 28.2. The highest BCUT2D eigenvalue weighted by atomic mass is 32.2. The first-order valence-electron chi connectivity index (χ1n) is 13.1. The van der Waals surface area contributed by atoms with Crippen molar-refractivity contribution in [2.24, 2.45) is 5.92 Å². The molecule has 204 valence electrons. The van der Waals surface area contributed by atoms with Gasteiger partial charge in [0.25, 0.3) is 0 Å². The van der Waals surface area contributed by atoms with E-state index in [1.54, 1.807) is 24.3 Å². The fourth-order valence-electron chi connectivity index (χ4n) is 5.65. The van der Waals surface area contributed by atoms with Gasteiger partial charge in [-0.1, -0.05) is 77.2 Å². The van der Waals surface area contributed by atoms with Crippen LogP contribution in [0.25, 0.3) is 10.8 Å². The summed E-state index contributed by atoms with van der Waals surface area (Å²) in [7, 11) is 0. The second kappa shape index (κ2) is 9.90. The third-order valence-corrected chi connectivity index (χ3v) is 10.2. The van der Waals surface area contributed by atoms with Gasteiger partial charge in [0.2, 0.25) is 17.7 Å². The lowest BCUT2D eigenvalue weighted by atomic mass is 9.87. The minimum Gasteiger partial charge on any atom is -0.469 e. The third kappa shape index (κ3) is 4.22. The Hall–Kier alpha value is -4.41. The van der Waals surface area contributed by atoms with Crippen molar-refractivity contribution in [1.82, 2.24) is 4.57 Å². The molecule has 1 fully saturated rings. The Morgan fingerprint density at radius 1 is 0.927 bits per heavy atom. The monoisotopic (exact) mass is 581 g/mol. The average Bonchev–Trinajstić information content (AvgIpc) is 3.67. The first-order valence-corrected chi connectivity index (χ1v) is 14.8. The van der Waals surface area contributed by atoms with Crippen LogP contribution in [-0.4, -0.2) is 27.5 Å². The zero-order valence-corrected chi connectivity index (χ0v) is 23.4. The van der Waals surface area contributed by atoms with Gasteiger partial charge in [-0.2, -0.15) is 0 Å². The highest BCUT2D eigenvalue weighted by Crippen LogP contribution is 2.53. The summed E-state index contributed by atoms with van der Waals surface area (Å²) >= 11 is 2.17. The molecule has 41 heavy (non-hydrogen) atoms. The summed E-state index contributed by atoms with van der Waals surface area (Å²) in [6, 6.07) is 24.1. The van der Waals surface area contributed by atoms with E-state index >= 15 is 0 Å². The number of nitrogens with zero attached hydrogens (tertiary/aromatic N) is 2. The van der Waals surface area contributed by atoms with Crippen LogP contribution in [0.5, 0.6) is 0 Å². The predicted octanol–water partition coefficient (Wildman–Crippen LogP) is 5.40. The number of amides is 3. The maximum absolute atomic E-state index is 13.8. The number of fused-ring (bicyclic) bond motifs is 3. The number of hydrogen-bond acceptors (Lipinski definition) is 7. The molecule has 8 nitrogen and oxygen atoms in total. The minimum absolute atomic E-state index is 0.229. The number of carbonyl (C=O) groups excluding carboxylic acids is 3. The molecule has 5 aromatic rings. The average molecular weight is 582 g/mol. The van der Waals surface area contributed by atoms with Crippen molar-refractivity contribution in [2.75, 3.05) is 10.2 Å². The Bertz CT molecular complexity index is 1890. The quantitative estimate of drug-likeness (QED) is 0.279. The number of hydrogen-bond donors (Lipinski definition) is 1. The van der Waals surface area contributed by atoms with Gasteiger partial charge in [0.05, 0.1) is 33.7 Å². The van der Waals surface area contributed by atoms with Gasteiger partial charge in [-0.25, -0.2) is 4.90 Å². The fraction of sp³-hybridized carbons (Fsp3) is 0.161. The van der Waals surface area contributed by atoms with E-state index in [2.05, 4.69) is 5.32 Å². The van der Waals surface area contributed by atoms with Gasteiger partial charge in [0, 0.05) is 11.1 Å². The number of aromatic nitrogens is 1. The molecular formula is C31H23N3O5S2. The Balaban J connectivity index is 1.25. The smallest absolute Gasteiger partial charge is 0.308 e. The lowest BCUT2D eigenvalue weighted by Crippen LogP contribution is -2.32. The molecule has 3 aromatic carbocycles. The van der Waals surface area contributed by atoms with Gasteiger partial charge < -0.3 is 9.73 Å². The van der Waals surface area contributed by atoms with Crippen LogP contribution in [-0.2, 0) is 20.9 Å². The summed E-state index contributed by atoms with van der Waals surface area (Å²) in [5, 5.41) is 4.57. The maximum atomic E-state index is 13.8. The number of benzene rings is 3. The normalized spacial score (nSPS) is 19.8. The molecule has 0 radical (unpaired) electrons. The second-order valence-electron chi connectivity index (χ2n) is 10.1. The molecule has 0 spiro atoms. The van der Waals surface area contributed by atoms with E-state index in [-0.39, 0.29) is 29.1 Å². The predicted molar refractivity (Wildman–Crippen MR) is 159 cm³/mol. The lowest BCUT2D eigenvalue weighted by Gasteiger charge is -2.29. The van der Waals surface area contributed by atoms with Crippen LogP contribution in [0.15, 0.2) is 99.4 Å². The van der Waals surface area contributed by atoms with Crippen molar-refractivity contribution in [3.05, 3.63) is 111 Å². The highest BCUT2D eigenvalue weighted by molar-refractivity contribution is 8.00. The molecule has 3 amide bonds. The Labute approximate surface area is 242 Å². The van der Waals surface area contributed by atoms with Gasteiger partial charge in [-0.3, -0.25) is 23.7 Å². The Morgan fingerprint density at radius 3 is 2.49 bits per heavy atom. The first kappa shape index (κ1) is 25.6. The molecule has 10 heteroatoms. The molecular weight excluding hydrogens is 558 g/mol. The first-order chi connectivity index (χ1) is 19.9. The molecule has 7 rings (SSSR count). The molecule has 2 aliphatic heterocycles. The Kier molecular flexibility index (Phi) is 6.17. The summed E-state index contributed by atoms with van der Waals surface area (Å²) < 4.78 is 7.16. The van der Waals surface area contributed by atoms with Gasteiger partial charge in [-0.15, -0.1) is 0 Å². The summed E-state index contributed by atoms with van der Waals surface area (Å²) in [6.07, 6.45) is 1.52. The van der Waals surface area contributed by atoms with E-state index in [0.717, 1.165) is 27.7 Å². The van der Waals surface area contributed by atoms with Crippen molar-refractivity contribution >= 4 is 63.0 Å². The number of aryl methyl sites for hydroxylation is 1. The van der Waals surface area contributed by atoms with Gasteiger partial charge in [-0.05, 0) is 42.6 Å². The van der Waals surface area contributed by atoms with Crippen LogP contribution < -0.4 is 15.1 Å². The van der Waals surface area contributed by atoms with Crippen molar-refractivity contribution in [3.8, 4) is 0 Å². The standard InChI is InChI=1S/C31H23N3O5S2/c1-17-11-13-19(14-12-17)34-28(36)25-24(22-10-5-15-39-22)27-30(40-26(25)29(34)37)33(31(38)41-27)16-23(35)32-21-9-4-7-18-6-2-3-8-20(18)21/h2-15,24-26H,16H2,1H3,(H,32,35)/t24-,25?,26?/m1/s1. The molecule has 2 aliphatic rings. The summed E-state index contributed by atoms with van der Waals surface area (Å²) in [4.78, 5) is 55.7. The van der Waals surface area contributed by atoms with Crippen LogP contribution in [0.3, 0.4) is 0 Å². The van der Waals surface area contributed by atoms with Gasteiger partial charge in [0.15, 0.2) is 0 Å². The fourth-order valence-corrected chi connectivity index (χ4v) is 8.40. The van der Waals surface area contributed by atoms with E-state index in [1.165, 1.54) is 27.5 Å². The number of furan rings is 1. The largest absolute Gasteiger partial charge is 0.469 e. The van der Waals surface area contributed by atoms with E-state index < -0.39 is 17.1 Å². The van der Waals surface area contributed by atoms with Crippen LogP contribution in [0, 0.1) is 12.8 Å². The highest BCUT2D eigenvalue weighted by Gasteiger charge is 2.57. The zero-order valence-electron chi connectivity index (χ0n) is 21.8. The molecule has 3 atom stereocenters. The van der Waals surface area contributed by atoms with Gasteiger partial charge in [0.1, 0.15) is 17.6 Å². The molecule has 0 saturated carbocycles. The number of rotatable bonds is 5. The summed E-state index contributed by atoms with van der Waals surface area (Å²) in [5.74, 6) is -1.91. The molecule has 1 saturated heterocycles. The van der Waals surface area contributed by atoms with Crippen molar-refractivity contribution < 1.29 is 18.8 Å². The molecule has 0 aliphatic carbocycles. The van der Waals surface area contributed by atoms with E-state index in [4.69, 9.17) is 4.42 Å². The van der Waals surface area contributed by atoms with E-state index in [0.29, 0.717) is 27.0 Å². The molecule has 1 N–H and O–H groups in total. The molecule has 2 aromatic heterocycles. The number of carbonyl (C=O) groups is 3. The van der Waals surface area contributed by atoms with E-state index in [1.807, 2.05) is 61.5 Å². The number of imide groups is 1. The van der Waals surface area contributed by atoms with Crippen molar-refractivity contribution in [1.29, 1.82) is 0 Å². The Morgan fingerprint density at radius 2 is 1.71 bits per heavy atom. The van der Waals surface area contributed by atoms with Crippen LogP contribution in [0.4, 0.5) is 11.4 Å². The lowest BCUT2D eigenvalue weighted by molar-refractivity contribution is -0.122. The van der Waals surface area contributed by atoms with Crippen molar-refractivity contribution in [2.45, 2.75) is 29.7 Å². The molecule has 2 unspecified atom stereocenters. The SMILES string of the molecule is Cc1ccc(N2C(=O)C3Sc4c(sc(=O)n4CC(=O)Nc4cccc5ccccc45)[C@H](c4ccco4)C3C2=O)cc1. The van der Waals surface area contributed by atoms with Crippen molar-refractivity contribution in [3.63, 3.8) is 0 Å². The number of anilines is 2. The third-order valence-electron chi connectivity index (χ3n) is 7.56. The molecule has 0 bridgehead atoms. The van der Waals surface area contributed by atoms with Crippen LogP contribution in [0.1, 0.15) is 22.1 Å². The van der Waals surface area contributed by atoms with Gasteiger partial charge >= 0.3 is 4.87 Å². The van der Waals surface area contributed by atoms with Crippen LogP contribution in [0.2, 0.25) is 0 Å². The molecule has 4 heterocycles.